The number of aryl methyl sites for hydroxylation is 1. The third kappa shape index (κ3) is 5.66. The van der Waals surface area contributed by atoms with Gasteiger partial charge in [-0.3, -0.25) is 9.59 Å². The number of aromatic nitrogens is 2. The maximum absolute atomic E-state index is 12.8. The molecule has 3 aromatic rings. The molecule has 2 aromatic carbocycles. The predicted octanol–water partition coefficient (Wildman–Crippen LogP) is 3.52. The van der Waals surface area contributed by atoms with E-state index in [1.165, 1.54) is 12.8 Å². The Hall–Kier alpha value is -3.35. The van der Waals surface area contributed by atoms with Gasteiger partial charge in [0, 0.05) is 26.1 Å². The van der Waals surface area contributed by atoms with Crippen LogP contribution in [0.2, 0.25) is 0 Å². The largest absolute Gasteiger partial charge is 0.484 e. The lowest BCUT2D eigenvalue weighted by Gasteiger charge is -2.20. The standard InChI is InChI=1S/C25H30N4O3/c30-24(19-32-20-10-4-3-5-11-20)26-18-23-27-21-12-6-7-13-22(21)29(23)17-14-25(31)28-15-8-1-2-9-16-28/h3-7,10-13H,1-2,8-9,14-19H2,(H,26,30). The van der Waals surface area contributed by atoms with Crippen molar-refractivity contribution < 1.29 is 14.3 Å². The number of nitrogens with zero attached hydrogens (tertiary/aromatic N) is 3. The van der Waals surface area contributed by atoms with Crippen molar-refractivity contribution >= 4 is 22.8 Å². The molecule has 4 rings (SSSR count). The third-order valence-corrected chi connectivity index (χ3v) is 5.80. The SMILES string of the molecule is O=C(COc1ccccc1)NCc1nc2ccccc2n1CCC(=O)N1CCCCCC1. The van der Waals surface area contributed by atoms with E-state index < -0.39 is 0 Å². The van der Waals surface area contributed by atoms with Crippen LogP contribution in [0.4, 0.5) is 0 Å². The van der Waals surface area contributed by atoms with Crippen molar-refractivity contribution in [1.82, 2.24) is 19.8 Å². The van der Waals surface area contributed by atoms with Crippen molar-refractivity contribution in [2.45, 2.75) is 45.2 Å². The van der Waals surface area contributed by atoms with Crippen molar-refractivity contribution in [1.29, 1.82) is 0 Å². The molecule has 0 bridgehead atoms. The monoisotopic (exact) mass is 434 g/mol. The lowest BCUT2D eigenvalue weighted by molar-refractivity contribution is -0.131. The predicted molar refractivity (Wildman–Crippen MR) is 123 cm³/mol. The molecule has 168 valence electrons. The van der Waals surface area contributed by atoms with Gasteiger partial charge in [-0.2, -0.15) is 0 Å². The van der Waals surface area contributed by atoms with E-state index in [-0.39, 0.29) is 25.0 Å². The number of nitrogens with one attached hydrogen (secondary N) is 1. The van der Waals surface area contributed by atoms with Gasteiger partial charge in [-0.25, -0.2) is 4.98 Å². The zero-order valence-electron chi connectivity index (χ0n) is 18.3. The third-order valence-electron chi connectivity index (χ3n) is 5.80. The lowest BCUT2D eigenvalue weighted by atomic mass is 10.2. The second-order valence-corrected chi connectivity index (χ2v) is 8.09. The summed E-state index contributed by atoms with van der Waals surface area (Å²) in [6.07, 6.45) is 5.00. The van der Waals surface area contributed by atoms with Crippen LogP contribution in [-0.2, 0) is 22.7 Å². The highest BCUT2D eigenvalue weighted by Gasteiger charge is 2.17. The van der Waals surface area contributed by atoms with Gasteiger partial charge in [0.2, 0.25) is 5.91 Å². The Balaban J connectivity index is 1.38. The zero-order valence-corrected chi connectivity index (χ0v) is 18.3. The van der Waals surface area contributed by atoms with Gasteiger partial charge in [-0.05, 0) is 37.1 Å². The van der Waals surface area contributed by atoms with Crippen LogP contribution in [0, 0.1) is 0 Å². The topological polar surface area (TPSA) is 76.5 Å². The number of carbonyl (C=O) groups excluding carboxylic acids is 2. The molecule has 7 nitrogen and oxygen atoms in total. The molecule has 1 fully saturated rings. The Morgan fingerprint density at radius 3 is 2.44 bits per heavy atom. The molecule has 0 unspecified atom stereocenters. The quantitative estimate of drug-likeness (QED) is 0.589. The van der Waals surface area contributed by atoms with Gasteiger partial charge in [-0.15, -0.1) is 0 Å². The van der Waals surface area contributed by atoms with E-state index in [1.807, 2.05) is 64.1 Å². The molecule has 0 radical (unpaired) electrons. The average molecular weight is 435 g/mol. The second-order valence-electron chi connectivity index (χ2n) is 8.09. The van der Waals surface area contributed by atoms with Crippen molar-refractivity contribution in [2.75, 3.05) is 19.7 Å². The van der Waals surface area contributed by atoms with Crippen molar-refractivity contribution in [3.8, 4) is 5.75 Å². The molecule has 1 aliphatic heterocycles. The van der Waals surface area contributed by atoms with E-state index in [1.54, 1.807) is 0 Å². The number of amides is 2. The van der Waals surface area contributed by atoms with E-state index in [0.717, 1.165) is 42.8 Å². The Bertz CT molecular complexity index is 1040. The smallest absolute Gasteiger partial charge is 0.258 e. The minimum absolute atomic E-state index is 0.0578. The van der Waals surface area contributed by atoms with Crippen LogP contribution < -0.4 is 10.1 Å². The maximum Gasteiger partial charge on any atom is 0.258 e. The number of ether oxygens (including phenoxy) is 1. The fraction of sp³-hybridized carbons (Fsp3) is 0.400. The van der Waals surface area contributed by atoms with Crippen molar-refractivity contribution in [3.63, 3.8) is 0 Å². The number of benzene rings is 2. The number of hydrogen-bond donors (Lipinski definition) is 1. The molecule has 32 heavy (non-hydrogen) atoms. The van der Waals surface area contributed by atoms with Gasteiger partial charge < -0.3 is 19.5 Å². The zero-order chi connectivity index (χ0) is 22.2. The molecule has 1 aliphatic rings. The molecular formula is C25H30N4O3. The first kappa shape index (κ1) is 21.9. The van der Waals surface area contributed by atoms with Crippen LogP contribution in [0.15, 0.2) is 54.6 Å². The lowest BCUT2D eigenvalue weighted by Crippen LogP contribution is -2.33. The number of para-hydroxylation sites is 3. The van der Waals surface area contributed by atoms with Crippen molar-refractivity contribution in [2.24, 2.45) is 0 Å². The normalized spacial score (nSPS) is 14.2. The molecule has 7 heteroatoms. The number of likely N-dealkylation sites (tertiary alicyclic amines) is 1. The Labute approximate surface area is 188 Å². The van der Waals surface area contributed by atoms with E-state index >= 15 is 0 Å². The molecule has 1 N–H and O–H groups in total. The minimum atomic E-state index is -0.215. The highest BCUT2D eigenvalue weighted by Crippen LogP contribution is 2.18. The fourth-order valence-electron chi connectivity index (χ4n) is 4.09. The van der Waals surface area contributed by atoms with E-state index in [9.17, 15) is 9.59 Å². The van der Waals surface area contributed by atoms with E-state index in [0.29, 0.717) is 18.7 Å². The Kier molecular flexibility index (Phi) is 7.38. The van der Waals surface area contributed by atoms with Crippen LogP contribution in [0.3, 0.4) is 0 Å². The Morgan fingerprint density at radius 1 is 0.938 bits per heavy atom. The molecule has 0 aliphatic carbocycles. The maximum atomic E-state index is 12.8. The summed E-state index contributed by atoms with van der Waals surface area (Å²) in [5, 5.41) is 2.89. The molecule has 0 atom stereocenters. The second kappa shape index (κ2) is 10.8. The highest BCUT2D eigenvalue weighted by atomic mass is 16.5. The number of hydrogen-bond acceptors (Lipinski definition) is 4. The van der Waals surface area contributed by atoms with Crippen molar-refractivity contribution in [3.05, 3.63) is 60.4 Å². The molecule has 1 aromatic heterocycles. The number of carbonyl (C=O) groups is 2. The van der Waals surface area contributed by atoms with E-state index in [4.69, 9.17) is 9.72 Å². The first-order valence-corrected chi connectivity index (χ1v) is 11.4. The first-order valence-electron chi connectivity index (χ1n) is 11.4. The summed E-state index contributed by atoms with van der Waals surface area (Å²) in [5.74, 6) is 1.37. The van der Waals surface area contributed by atoms with Gasteiger partial charge in [-0.1, -0.05) is 43.2 Å². The summed E-state index contributed by atoms with van der Waals surface area (Å²) < 4.78 is 7.56. The fourth-order valence-corrected chi connectivity index (χ4v) is 4.09. The van der Waals surface area contributed by atoms with Crippen LogP contribution in [0.5, 0.6) is 5.75 Å². The van der Waals surface area contributed by atoms with Crippen LogP contribution in [0.25, 0.3) is 11.0 Å². The van der Waals surface area contributed by atoms with E-state index in [2.05, 4.69) is 5.32 Å². The number of imidazole rings is 1. The number of fused-ring (bicyclic) bond motifs is 1. The van der Waals surface area contributed by atoms with Gasteiger partial charge in [0.1, 0.15) is 11.6 Å². The molecule has 0 saturated carbocycles. The summed E-state index contributed by atoms with van der Waals surface area (Å²) in [4.78, 5) is 31.8. The summed E-state index contributed by atoms with van der Waals surface area (Å²) in [5.41, 5.74) is 1.83. The highest BCUT2D eigenvalue weighted by molar-refractivity contribution is 5.79. The van der Waals surface area contributed by atoms with Crippen LogP contribution in [0.1, 0.15) is 37.9 Å². The molecule has 1 saturated heterocycles. The van der Waals surface area contributed by atoms with Crippen LogP contribution >= 0.6 is 0 Å². The molecule has 0 spiro atoms. The average Bonchev–Trinajstić information content (AvgIpc) is 2.98. The number of rotatable bonds is 8. The minimum Gasteiger partial charge on any atom is -0.484 e. The molecule has 2 heterocycles. The summed E-state index contributed by atoms with van der Waals surface area (Å²) in [6.45, 7) is 2.48. The molecular weight excluding hydrogens is 404 g/mol. The molecule has 2 amide bonds. The Morgan fingerprint density at radius 2 is 1.66 bits per heavy atom. The summed E-state index contributed by atoms with van der Waals surface area (Å²) in [7, 11) is 0. The summed E-state index contributed by atoms with van der Waals surface area (Å²) >= 11 is 0. The van der Waals surface area contributed by atoms with Gasteiger partial charge >= 0.3 is 0 Å². The first-order chi connectivity index (χ1) is 15.7. The summed E-state index contributed by atoms with van der Waals surface area (Å²) in [6, 6.07) is 17.1. The van der Waals surface area contributed by atoms with Gasteiger partial charge in [0.05, 0.1) is 17.6 Å². The van der Waals surface area contributed by atoms with Crippen LogP contribution in [-0.4, -0.2) is 46.0 Å². The van der Waals surface area contributed by atoms with Gasteiger partial charge in [0.25, 0.3) is 5.91 Å². The van der Waals surface area contributed by atoms with Gasteiger partial charge in [0.15, 0.2) is 6.61 Å².